The maximum atomic E-state index is 12.8. The minimum absolute atomic E-state index is 0.0595. The van der Waals surface area contributed by atoms with Crippen molar-refractivity contribution in [2.45, 2.75) is 25.8 Å². The van der Waals surface area contributed by atoms with Gasteiger partial charge in [0, 0.05) is 12.6 Å². The molecule has 2 N–H and O–H groups in total. The standard InChI is InChI=1S/C12H15ClFNO2/c1-8(3-2-6-16)15-12(17)10-5-4-9(14)7-11(10)13/h4-5,7-8,16H,2-3,6H2,1H3,(H,15,17). The van der Waals surface area contributed by atoms with E-state index in [0.717, 1.165) is 6.07 Å². The van der Waals surface area contributed by atoms with E-state index >= 15 is 0 Å². The molecule has 0 aliphatic carbocycles. The van der Waals surface area contributed by atoms with Crippen molar-refractivity contribution >= 4 is 17.5 Å². The van der Waals surface area contributed by atoms with E-state index in [1.807, 2.05) is 6.92 Å². The van der Waals surface area contributed by atoms with Crippen molar-refractivity contribution in [2.75, 3.05) is 6.61 Å². The van der Waals surface area contributed by atoms with Crippen LogP contribution in [0.3, 0.4) is 0 Å². The lowest BCUT2D eigenvalue weighted by atomic mass is 10.1. The van der Waals surface area contributed by atoms with Crippen molar-refractivity contribution in [3.63, 3.8) is 0 Å². The molecule has 1 rings (SSSR count). The number of rotatable bonds is 5. The number of halogens is 2. The highest BCUT2D eigenvalue weighted by molar-refractivity contribution is 6.33. The van der Waals surface area contributed by atoms with Gasteiger partial charge in [-0.2, -0.15) is 0 Å². The predicted octanol–water partition coefficient (Wildman–Crippen LogP) is 2.37. The molecule has 0 spiro atoms. The van der Waals surface area contributed by atoms with Crippen molar-refractivity contribution in [3.8, 4) is 0 Å². The molecule has 1 atom stereocenters. The smallest absolute Gasteiger partial charge is 0.253 e. The molecule has 0 fully saturated rings. The van der Waals surface area contributed by atoms with Crippen LogP contribution in [0.15, 0.2) is 18.2 Å². The summed E-state index contributed by atoms with van der Waals surface area (Å²) in [5.41, 5.74) is 0.254. The van der Waals surface area contributed by atoms with Crippen molar-refractivity contribution in [3.05, 3.63) is 34.6 Å². The Labute approximate surface area is 105 Å². The van der Waals surface area contributed by atoms with Crippen LogP contribution in [0.2, 0.25) is 5.02 Å². The van der Waals surface area contributed by atoms with E-state index in [1.165, 1.54) is 12.1 Å². The molecule has 0 radical (unpaired) electrons. The third kappa shape index (κ3) is 4.32. The first-order valence-electron chi connectivity index (χ1n) is 5.41. The lowest BCUT2D eigenvalue weighted by molar-refractivity contribution is 0.0936. The molecule has 0 aromatic heterocycles. The van der Waals surface area contributed by atoms with Gasteiger partial charge in [-0.05, 0) is 38.0 Å². The number of aliphatic hydroxyl groups is 1. The molecule has 0 aliphatic rings. The molecule has 0 aliphatic heterocycles. The monoisotopic (exact) mass is 259 g/mol. The third-order valence-corrected chi connectivity index (χ3v) is 2.66. The third-order valence-electron chi connectivity index (χ3n) is 2.35. The van der Waals surface area contributed by atoms with Crippen LogP contribution in [0.5, 0.6) is 0 Å². The number of hydrogen-bond donors (Lipinski definition) is 2. The van der Waals surface area contributed by atoms with Gasteiger partial charge >= 0.3 is 0 Å². The highest BCUT2D eigenvalue weighted by Gasteiger charge is 2.13. The highest BCUT2D eigenvalue weighted by atomic mass is 35.5. The Morgan fingerprint density at radius 3 is 2.88 bits per heavy atom. The molecular weight excluding hydrogens is 245 g/mol. The fourth-order valence-corrected chi connectivity index (χ4v) is 1.70. The minimum atomic E-state index is -0.472. The molecule has 94 valence electrons. The zero-order chi connectivity index (χ0) is 12.8. The number of carbonyl (C=O) groups is 1. The maximum absolute atomic E-state index is 12.8. The summed E-state index contributed by atoms with van der Waals surface area (Å²) in [5, 5.41) is 11.5. The van der Waals surface area contributed by atoms with Gasteiger partial charge < -0.3 is 10.4 Å². The first kappa shape index (κ1) is 13.9. The molecule has 1 aromatic carbocycles. The van der Waals surface area contributed by atoms with Gasteiger partial charge in [-0.3, -0.25) is 4.79 Å². The summed E-state index contributed by atoms with van der Waals surface area (Å²) in [5.74, 6) is -0.805. The first-order chi connectivity index (χ1) is 8.04. The molecule has 1 amide bonds. The van der Waals surface area contributed by atoms with E-state index in [1.54, 1.807) is 0 Å². The van der Waals surface area contributed by atoms with Gasteiger partial charge in [0.1, 0.15) is 5.82 Å². The summed E-state index contributed by atoms with van der Waals surface area (Å²) in [6.07, 6.45) is 1.31. The van der Waals surface area contributed by atoms with Gasteiger partial charge in [0.2, 0.25) is 0 Å². The Morgan fingerprint density at radius 2 is 2.29 bits per heavy atom. The second-order valence-electron chi connectivity index (χ2n) is 3.86. The van der Waals surface area contributed by atoms with Crippen LogP contribution in [0.1, 0.15) is 30.1 Å². The number of nitrogens with one attached hydrogen (secondary N) is 1. The van der Waals surface area contributed by atoms with E-state index < -0.39 is 5.82 Å². The van der Waals surface area contributed by atoms with Gasteiger partial charge in [-0.1, -0.05) is 11.6 Å². The molecule has 5 heteroatoms. The zero-order valence-electron chi connectivity index (χ0n) is 9.54. The van der Waals surface area contributed by atoms with Crippen LogP contribution in [-0.4, -0.2) is 23.7 Å². The Kier molecular flexibility index (Phi) is 5.38. The first-order valence-corrected chi connectivity index (χ1v) is 5.79. The van der Waals surface area contributed by atoms with Crippen molar-refractivity contribution in [1.82, 2.24) is 5.32 Å². The maximum Gasteiger partial charge on any atom is 0.253 e. The normalized spacial score (nSPS) is 12.2. The van der Waals surface area contributed by atoms with Crippen LogP contribution in [-0.2, 0) is 0 Å². The van der Waals surface area contributed by atoms with Crippen LogP contribution < -0.4 is 5.32 Å². The topological polar surface area (TPSA) is 49.3 Å². The van der Waals surface area contributed by atoms with Gasteiger partial charge in [-0.25, -0.2) is 4.39 Å². The molecule has 0 heterocycles. The van der Waals surface area contributed by atoms with E-state index in [-0.39, 0.29) is 29.1 Å². The quantitative estimate of drug-likeness (QED) is 0.853. The molecular formula is C12H15ClFNO2. The van der Waals surface area contributed by atoms with Gasteiger partial charge in [0.05, 0.1) is 10.6 Å². The van der Waals surface area contributed by atoms with Crippen molar-refractivity contribution in [2.24, 2.45) is 0 Å². The number of amides is 1. The second kappa shape index (κ2) is 6.57. The van der Waals surface area contributed by atoms with Crippen LogP contribution in [0.4, 0.5) is 4.39 Å². The second-order valence-corrected chi connectivity index (χ2v) is 4.27. The number of aliphatic hydroxyl groups excluding tert-OH is 1. The number of carbonyl (C=O) groups excluding carboxylic acids is 1. The molecule has 1 unspecified atom stereocenters. The fraction of sp³-hybridized carbons (Fsp3) is 0.417. The van der Waals surface area contributed by atoms with Crippen LogP contribution in [0.25, 0.3) is 0 Å². The minimum Gasteiger partial charge on any atom is -0.396 e. The molecule has 3 nitrogen and oxygen atoms in total. The Bertz CT molecular complexity index is 398. The Morgan fingerprint density at radius 1 is 1.59 bits per heavy atom. The molecule has 0 saturated heterocycles. The summed E-state index contributed by atoms with van der Waals surface area (Å²) >= 11 is 5.77. The van der Waals surface area contributed by atoms with E-state index in [9.17, 15) is 9.18 Å². The predicted molar refractivity (Wildman–Crippen MR) is 64.7 cm³/mol. The van der Waals surface area contributed by atoms with Gasteiger partial charge in [0.15, 0.2) is 0 Å². The summed E-state index contributed by atoms with van der Waals surface area (Å²) in [7, 11) is 0. The average Bonchev–Trinajstić information content (AvgIpc) is 2.26. The summed E-state index contributed by atoms with van der Waals surface area (Å²) in [6.45, 7) is 1.93. The molecule has 17 heavy (non-hydrogen) atoms. The van der Waals surface area contributed by atoms with Gasteiger partial charge in [-0.15, -0.1) is 0 Å². The van der Waals surface area contributed by atoms with Crippen LogP contribution in [0, 0.1) is 5.82 Å². The lowest BCUT2D eigenvalue weighted by Gasteiger charge is -2.13. The number of benzene rings is 1. The average molecular weight is 260 g/mol. The van der Waals surface area contributed by atoms with E-state index in [0.29, 0.717) is 12.8 Å². The summed E-state index contributed by atoms with van der Waals surface area (Å²) in [6, 6.07) is 3.59. The SMILES string of the molecule is CC(CCCO)NC(=O)c1ccc(F)cc1Cl. The Balaban J connectivity index is 2.63. The summed E-state index contributed by atoms with van der Waals surface area (Å²) < 4.78 is 12.8. The zero-order valence-corrected chi connectivity index (χ0v) is 10.3. The molecule has 0 bridgehead atoms. The molecule has 1 aromatic rings. The van der Waals surface area contributed by atoms with Crippen molar-refractivity contribution in [1.29, 1.82) is 0 Å². The largest absolute Gasteiger partial charge is 0.396 e. The fourth-order valence-electron chi connectivity index (χ4n) is 1.44. The van der Waals surface area contributed by atoms with Crippen LogP contribution >= 0.6 is 11.6 Å². The summed E-state index contributed by atoms with van der Waals surface area (Å²) in [4.78, 5) is 11.8. The highest BCUT2D eigenvalue weighted by Crippen LogP contribution is 2.17. The molecule has 0 saturated carbocycles. The van der Waals surface area contributed by atoms with E-state index in [4.69, 9.17) is 16.7 Å². The van der Waals surface area contributed by atoms with E-state index in [2.05, 4.69) is 5.32 Å². The van der Waals surface area contributed by atoms with Gasteiger partial charge in [0.25, 0.3) is 5.91 Å². The lowest BCUT2D eigenvalue weighted by Crippen LogP contribution is -2.32. The van der Waals surface area contributed by atoms with Crippen molar-refractivity contribution < 1.29 is 14.3 Å². The Hall–Kier alpha value is -1.13. The number of hydrogen-bond acceptors (Lipinski definition) is 2.